The van der Waals surface area contributed by atoms with Gasteiger partial charge in [0, 0.05) is 18.2 Å². The number of allylic oxidation sites excluding steroid dienone is 1. The van der Waals surface area contributed by atoms with Gasteiger partial charge in [-0.3, -0.25) is 9.69 Å². The number of carbonyl (C=O) groups is 1. The number of aromatic nitrogens is 2. The molecule has 0 saturated carbocycles. The van der Waals surface area contributed by atoms with Crippen molar-refractivity contribution in [1.82, 2.24) is 9.97 Å². The molecule has 9 heteroatoms. The van der Waals surface area contributed by atoms with E-state index in [1.54, 1.807) is 19.9 Å². The zero-order chi connectivity index (χ0) is 26.7. The standard InChI is InChI=1S/C27H26F5N3O/c1-14(2)10-18-19(24(30)26(32)25(31)23(18)29)12-22(36)35(5)27-20(11-15(3)4)34-21(13-33-27)16-6-8-17(28)9-7-16/h6-9,11,13-14H,10,12H2,1-5H3. The fourth-order valence-corrected chi connectivity index (χ4v) is 3.70. The molecular weight excluding hydrogens is 477 g/mol. The molecule has 0 saturated heterocycles. The SMILES string of the molecule is CC(C)=Cc1nc(-c2ccc(F)cc2)cnc1N(C)C(=O)Cc1c(F)c(F)c(F)c(F)c1CC(C)C. The van der Waals surface area contributed by atoms with Crippen LogP contribution in [0, 0.1) is 35.0 Å². The Morgan fingerprint density at radius 2 is 1.53 bits per heavy atom. The predicted octanol–water partition coefficient (Wildman–Crippen LogP) is 6.67. The van der Waals surface area contributed by atoms with Crippen molar-refractivity contribution in [3.05, 3.63) is 81.9 Å². The number of rotatable bonds is 7. The summed E-state index contributed by atoms with van der Waals surface area (Å²) in [5.74, 6) is -8.16. The topological polar surface area (TPSA) is 46.1 Å². The molecule has 1 heterocycles. The lowest BCUT2D eigenvalue weighted by molar-refractivity contribution is -0.117. The number of amides is 1. The summed E-state index contributed by atoms with van der Waals surface area (Å²) in [5, 5.41) is 0. The smallest absolute Gasteiger partial charge is 0.232 e. The van der Waals surface area contributed by atoms with Crippen molar-refractivity contribution in [3.63, 3.8) is 0 Å². The highest BCUT2D eigenvalue weighted by atomic mass is 19.2. The summed E-state index contributed by atoms with van der Waals surface area (Å²) in [6, 6.07) is 5.64. The lowest BCUT2D eigenvalue weighted by Gasteiger charge is -2.21. The van der Waals surface area contributed by atoms with Crippen molar-refractivity contribution in [1.29, 1.82) is 0 Å². The van der Waals surface area contributed by atoms with Crippen LogP contribution in [0.5, 0.6) is 0 Å². The van der Waals surface area contributed by atoms with Gasteiger partial charge >= 0.3 is 0 Å². The first-order chi connectivity index (χ1) is 16.9. The number of carbonyl (C=O) groups excluding carboxylic acids is 1. The Hall–Kier alpha value is -3.62. The van der Waals surface area contributed by atoms with Crippen LogP contribution >= 0.6 is 0 Å². The molecule has 0 fully saturated rings. The minimum absolute atomic E-state index is 0.0819. The number of hydrogen-bond acceptors (Lipinski definition) is 3. The van der Waals surface area contributed by atoms with Gasteiger partial charge in [-0.05, 0) is 62.1 Å². The molecule has 2 aromatic carbocycles. The van der Waals surface area contributed by atoms with Crippen molar-refractivity contribution in [3.8, 4) is 11.3 Å². The first-order valence-corrected chi connectivity index (χ1v) is 11.3. The molecular formula is C27H26F5N3O. The second-order valence-corrected chi connectivity index (χ2v) is 9.13. The van der Waals surface area contributed by atoms with Gasteiger partial charge in [0.2, 0.25) is 5.91 Å². The normalized spacial score (nSPS) is 11.1. The fourth-order valence-electron chi connectivity index (χ4n) is 3.70. The molecule has 0 aliphatic heterocycles. The summed E-state index contributed by atoms with van der Waals surface area (Å²) in [7, 11) is 1.38. The molecule has 36 heavy (non-hydrogen) atoms. The Morgan fingerprint density at radius 1 is 0.944 bits per heavy atom. The van der Waals surface area contributed by atoms with Crippen LogP contribution in [-0.4, -0.2) is 22.9 Å². The van der Waals surface area contributed by atoms with Crippen molar-refractivity contribution < 1.29 is 26.7 Å². The summed E-state index contributed by atoms with van der Waals surface area (Å²) in [6.45, 7) is 7.05. The van der Waals surface area contributed by atoms with Gasteiger partial charge in [-0.15, -0.1) is 0 Å². The molecule has 190 valence electrons. The maximum absolute atomic E-state index is 14.7. The second kappa shape index (κ2) is 11.0. The Morgan fingerprint density at radius 3 is 2.08 bits per heavy atom. The highest BCUT2D eigenvalue weighted by Crippen LogP contribution is 2.29. The van der Waals surface area contributed by atoms with Gasteiger partial charge in [0.1, 0.15) is 11.5 Å². The molecule has 0 N–H and O–H groups in total. The van der Waals surface area contributed by atoms with E-state index in [9.17, 15) is 26.7 Å². The zero-order valence-corrected chi connectivity index (χ0v) is 20.6. The number of halogens is 5. The van der Waals surface area contributed by atoms with Crippen LogP contribution < -0.4 is 4.90 Å². The lowest BCUT2D eigenvalue weighted by Crippen LogP contribution is -2.31. The third-order valence-electron chi connectivity index (χ3n) is 5.45. The molecule has 0 bridgehead atoms. The van der Waals surface area contributed by atoms with E-state index in [-0.39, 0.29) is 23.7 Å². The quantitative estimate of drug-likeness (QED) is 0.206. The van der Waals surface area contributed by atoms with Gasteiger partial charge in [-0.1, -0.05) is 19.4 Å². The number of benzene rings is 2. The zero-order valence-electron chi connectivity index (χ0n) is 20.6. The number of nitrogens with zero attached hydrogens (tertiary/aromatic N) is 3. The van der Waals surface area contributed by atoms with Crippen molar-refractivity contribution in [2.45, 2.75) is 40.5 Å². The molecule has 0 spiro atoms. The largest absolute Gasteiger partial charge is 0.298 e. The van der Waals surface area contributed by atoms with E-state index in [0.29, 0.717) is 17.0 Å². The van der Waals surface area contributed by atoms with Crippen LogP contribution in [-0.2, 0) is 17.6 Å². The first-order valence-electron chi connectivity index (χ1n) is 11.3. The number of anilines is 1. The molecule has 0 aliphatic carbocycles. The molecule has 3 aromatic rings. The first kappa shape index (κ1) is 27.0. The third kappa shape index (κ3) is 5.78. The maximum atomic E-state index is 14.7. The minimum Gasteiger partial charge on any atom is -0.298 e. The average Bonchev–Trinajstić information content (AvgIpc) is 2.82. The summed E-state index contributed by atoms with van der Waals surface area (Å²) < 4.78 is 70.4. The average molecular weight is 504 g/mol. The number of likely N-dealkylation sites (N-methyl/N-ethyl adjacent to an activating group) is 1. The highest BCUT2D eigenvalue weighted by molar-refractivity contribution is 5.95. The van der Waals surface area contributed by atoms with Crippen molar-refractivity contribution in [2.24, 2.45) is 5.92 Å². The molecule has 0 atom stereocenters. The molecule has 0 aliphatic rings. The van der Waals surface area contributed by atoms with Gasteiger partial charge in [0.05, 0.1) is 18.3 Å². The van der Waals surface area contributed by atoms with Crippen molar-refractivity contribution >= 4 is 17.8 Å². The number of hydrogen-bond donors (Lipinski definition) is 0. The summed E-state index contributed by atoms with van der Waals surface area (Å²) >= 11 is 0. The van der Waals surface area contributed by atoms with Crippen LogP contribution in [0.2, 0.25) is 0 Å². The van der Waals surface area contributed by atoms with E-state index in [0.717, 1.165) is 10.5 Å². The predicted molar refractivity (Wildman–Crippen MR) is 129 cm³/mol. The molecule has 1 aromatic heterocycles. The van der Waals surface area contributed by atoms with Crippen LogP contribution in [0.4, 0.5) is 27.8 Å². The van der Waals surface area contributed by atoms with Gasteiger partial charge in [0.25, 0.3) is 0 Å². The van der Waals surface area contributed by atoms with Crippen molar-refractivity contribution in [2.75, 3.05) is 11.9 Å². The molecule has 0 radical (unpaired) electrons. The van der Waals surface area contributed by atoms with Gasteiger partial charge in [-0.2, -0.15) is 0 Å². The van der Waals surface area contributed by atoms with E-state index in [2.05, 4.69) is 9.97 Å². The Labute approximate surface area is 206 Å². The van der Waals surface area contributed by atoms with E-state index in [1.807, 2.05) is 13.8 Å². The Bertz CT molecular complexity index is 1320. The highest BCUT2D eigenvalue weighted by Gasteiger charge is 2.28. The van der Waals surface area contributed by atoms with Crippen LogP contribution in [0.15, 0.2) is 36.0 Å². The van der Waals surface area contributed by atoms with Crippen LogP contribution in [0.1, 0.15) is 44.5 Å². The van der Waals surface area contributed by atoms with Gasteiger partial charge in [0.15, 0.2) is 29.1 Å². The summed E-state index contributed by atoms with van der Waals surface area (Å²) in [6.07, 6.45) is 2.29. The third-order valence-corrected chi connectivity index (χ3v) is 5.45. The Kier molecular flexibility index (Phi) is 8.22. The monoisotopic (exact) mass is 503 g/mol. The minimum atomic E-state index is -1.96. The van der Waals surface area contributed by atoms with E-state index in [1.165, 1.54) is 37.5 Å². The van der Waals surface area contributed by atoms with E-state index < -0.39 is 47.0 Å². The fraction of sp³-hybridized carbons (Fsp3) is 0.296. The summed E-state index contributed by atoms with van der Waals surface area (Å²) in [5.41, 5.74) is 1.29. The van der Waals surface area contributed by atoms with Crippen LogP contribution in [0.3, 0.4) is 0 Å². The van der Waals surface area contributed by atoms with E-state index in [4.69, 9.17) is 0 Å². The summed E-state index contributed by atoms with van der Waals surface area (Å²) in [4.78, 5) is 23.1. The molecule has 0 unspecified atom stereocenters. The maximum Gasteiger partial charge on any atom is 0.232 e. The van der Waals surface area contributed by atoms with Crippen LogP contribution in [0.25, 0.3) is 17.3 Å². The lowest BCUT2D eigenvalue weighted by atomic mass is 9.94. The van der Waals surface area contributed by atoms with E-state index >= 15 is 0 Å². The molecule has 3 rings (SSSR count). The molecule has 4 nitrogen and oxygen atoms in total. The molecule has 1 amide bonds. The Balaban J connectivity index is 2.02. The second-order valence-electron chi connectivity index (χ2n) is 9.13. The van der Waals surface area contributed by atoms with Gasteiger partial charge < -0.3 is 0 Å². The van der Waals surface area contributed by atoms with Gasteiger partial charge in [-0.25, -0.2) is 31.9 Å².